The molecule has 1 nitrogen and oxygen atoms in total. The maximum Gasteiger partial charge on any atom is 0.0234 e. The Morgan fingerprint density at radius 3 is 2.92 bits per heavy atom. The molecular formula is C9H9Br2N. The highest BCUT2D eigenvalue weighted by Gasteiger charge is 2.11. The van der Waals surface area contributed by atoms with Crippen LogP contribution in [0.25, 0.3) is 0 Å². The molecule has 1 aliphatic rings. The smallest absolute Gasteiger partial charge is 0.0234 e. The van der Waals surface area contributed by atoms with E-state index in [9.17, 15) is 0 Å². The molecule has 0 radical (unpaired) electrons. The summed E-state index contributed by atoms with van der Waals surface area (Å²) >= 11 is 7.05. The number of hydrogen-bond donors (Lipinski definition) is 1. The van der Waals surface area contributed by atoms with Crippen molar-refractivity contribution >= 4 is 31.9 Å². The molecule has 2 rings (SSSR count). The third kappa shape index (κ3) is 1.58. The summed E-state index contributed by atoms with van der Waals surface area (Å²) in [6.45, 7) is 2.08. The highest BCUT2D eigenvalue weighted by Crippen LogP contribution is 2.27. The third-order valence-electron chi connectivity index (χ3n) is 2.13. The van der Waals surface area contributed by atoms with Gasteiger partial charge in [0.15, 0.2) is 0 Å². The van der Waals surface area contributed by atoms with Gasteiger partial charge in [0.05, 0.1) is 0 Å². The van der Waals surface area contributed by atoms with Crippen molar-refractivity contribution < 1.29 is 0 Å². The minimum atomic E-state index is 0.989. The topological polar surface area (TPSA) is 12.0 Å². The molecule has 1 N–H and O–H groups in total. The third-order valence-corrected chi connectivity index (χ3v) is 3.29. The van der Waals surface area contributed by atoms with Crippen LogP contribution in [0.15, 0.2) is 21.1 Å². The molecule has 1 aromatic rings. The summed E-state index contributed by atoms with van der Waals surface area (Å²) in [6.07, 6.45) is 1.13. The first-order valence-electron chi connectivity index (χ1n) is 3.95. The summed E-state index contributed by atoms with van der Waals surface area (Å²) in [6, 6.07) is 4.31. The molecule has 1 heterocycles. The summed E-state index contributed by atoms with van der Waals surface area (Å²) in [5, 5.41) is 3.36. The Morgan fingerprint density at radius 1 is 1.25 bits per heavy atom. The lowest BCUT2D eigenvalue weighted by Crippen LogP contribution is -2.23. The fraction of sp³-hybridized carbons (Fsp3) is 0.333. The van der Waals surface area contributed by atoms with Crippen LogP contribution in [0.3, 0.4) is 0 Å². The van der Waals surface area contributed by atoms with Crippen molar-refractivity contribution in [1.82, 2.24) is 5.32 Å². The zero-order valence-electron chi connectivity index (χ0n) is 6.53. The van der Waals surface area contributed by atoms with E-state index in [0.717, 1.165) is 24.0 Å². The van der Waals surface area contributed by atoms with Crippen molar-refractivity contribution in [3.63, 3.8) is 0 Å². The monoisotopic (exact) mass is 289 g/mol. The van der Waals surface area contributed by atoms with Crippen LogP contribution in [-0.2, 0) is 13.0 Å². The summed E-state index contributed by atoms with van der Waals surface area (Å²) < 4.78 is 2.37. The van der Waals surface area contributed by atoms with E-state index < -0.39 is 0 Å². The largest absolute Gasteiger partial charge is 0.312 e. The fourth-order valence-electron chi connectivity index (χ4n) is 1.51. The molecule has 0 aromatic heterocycles. The Balaban J connectivity index is 2.53. The molecule has 3 heteroatoms. The van der Waals surface area contributed by atoms with E-state index in [4.69, 9.17) is 0 Å². The average Bonchev–Trinajstić information content (AvgIpc) is 2.04. The minimum Gasteiger partial charge on any atom is -0.312 e. The van der Waals surface area contributed by atoms with Gasteiger partial charge >= 0.3 is 0 Å². The molecule has 64 valence electrons. The van der Waals surface area contributed by atoms with E-state index in [1.807, 2.05) is 0 Å². The quantitative estimate of drug-likeness (QED) is 0.775. The normalized spacial score (nSPS) is 15.8. The van der Waals surface area contributed by atoms with Gasteiger partial charge in [-0.15, -0.1) is 0 Å². The molecule has 0 aliphatic carbocycles. The van der Waals surface area contributed by atoms with Crippen LogP contribution in [0.1, 0.15) is 11.1 Å². The molecule has 0 fully saturated rings. The Bertz CT molecular complexity index is 310. The van der Waals surface area contributed by atoms with E-state index in [1.54, 1.807) is 0 Å². The molecule has 0 bridgehead atoms. The minimum absolute atomic E-state index is 0.989. The van der Waals surface area contributed by atoms with Crippen LogP contribution in [0.2, 0.25) is 0 Å². The number of fused-ring (bicyclic) bond motifs is 1. The van der Waals surface area contributed by atoms with E-state index in [-0.39, 0.29) is 0 Å². The molecule has 0 amide bonds. The van der Waals surface area contributed by atoms with Crippen LogP contribution in [0.5, 0.6) is 0 Å². The molecule has 0 spiro atoms. The lowest BCUT2D eigenvalue weighted by Gasteiger charge is -2.18. The van der Waals surface area contributed by atoms with Gasteiger partial charge in [-0.25, -0.2) is 0 Å². The van der Waals surface area contributed by atoms with Crippen molar-refractivity contribution in [2.45, 2.75) is 13.0 Å². The van der Waals surface area contributed by atoms with Gasteiger partial charge in [-0.3, -0.25) is 0 Å². The van der Waals surface area contributed by atoms with Gasteiger partial charge in [0.2, 0.25) is 0 Å². The van der Waals surface area contributed by atoms with E-state index in [0.29, 0.717) is 0 Å². The second-order valence-electron chi connectivity index (χ2n) is 2.95. The number of benzene rings is 1. The highest BCUT2D eigenvalue weighted by molar-refractivity contribution is 9.11. The van der Waals surface area contributed by atoms with Crippen molar-refractivity contribution in [2.24, 2.45) is 0 Å². The van der Waals surface area contributed by atoms with Crippen LogP contribution < -0.4 is 5.32 Å². The zero-order valence-corrected chi connectivity index (χ0v) is 9.70. The van der Waals surface area contributed by atoms with Crippen molar-refractivity contribution in [1.29, 1.82) is 0 Å². The molecule has 12 heavy (non-hydrogen) atoms. The van der Waals surface area contributed by atoms with Crippen LogP contribution in [0, 0.1) is 0 Å². The zero-order chi connectivity index (χ0) is 8.55. The summed E-state index contributed by atoms with van der Waals surface area (Å²) in [5.41, 5.74) is 2.86. The standard InChI is InChI=1S/C9H9Br2N/c10-7-3-6-1-2-12-5-8(6)9(11)4-7/h3-4,12H,1-2,5H2. The Kier molecular flexibility index (Phi) is 2.53. The first kappa shape index (κ1) is 8.73. The summed E-state index contributed by atoms with van der Waals surface area (Å²) in [7, 11) is 0. The van der Waals surface area contributed by atoms with Gasteiger partial charge < -0.3 is 5.32 Å². The molecule has 1 aromatic carbocycles. The number of hydrogen-bond acceptors (Lipinski definition) is 1. The second-order valence-corrected chi connectivity index (χ2v) is 4.72. The fourth-order valence-corrected chi connectivity index (χ4v) is 2.97. The van der Waals surface area contributed by atoms with Crippen molar-refractivity contribution in [3.05, 3.63) is 32.2 Å². The number of rotatable bonds is 0. The van der Waals surface area contributed by atoms with Gasteiger partial charge in [-0.1, -0.05) is 31.9 Å². The second kappa shape index (κ2) is 3.48. The van der Waals surface area contributed by atoms with Gasteiger partial charge in [-0.05, 0) is 36.2 Å². The molecule has 0 saturated heterocycles. The number of nitrogens with one attached hydrogen (secondary N) is 1. The molecule has 1 aliphatic heterocycles. The maximum absolute atomic E-state index is 3.56. The first-order chi connectivity index (χ1) is 5.77. The van der Waals surface area contributed by atoms with E-state index in [2.05, 4.69) is 49.3 Å². The van der Waals surface area contributed by atoms with Gasteiger partial charge in [-0.2, -0.15) is 0 Å². The van der Waals surface area contributed by atoms with Crippen LogP contribution in [0.4, 0.5) is 0 Å². The van der Waals surface area contributed by atoms with Crippen LogP contribution >= 0.6 is 31.9 Å². The predicted molar refractivity (Wildman–Crippen MR) is 57.3 cm³/mol. The summed E-state index contributed by atoms with van der Waals surface area (Å²) in [4.78, 5) is 0. The first-order valence-corrected chi connectivity index (χ1v) is 5.53. The van der Waals surface area contributed by atoms with E-state index >= 15 is 0 Å². The maximum atomic E-state index is 3.56. The molecule has 0 saturated carbocycles. The lowest BCUT2D eigenvalue weighted by atomic mass is 10.0. The molecular weight excluding hydrogens is 282 g/mol. The molecule has 0 atom stereocenters. The van der Waals surface area contributed by atoms with Crippen molar-refractivity contribution in [2.75, 3.05) is 6.54 Å². The predicted octanol–water partition coefficient (Wildman–Crippen LogP) is 2.86. The Hall–Kier alpha value is 0.140. The Morgan fingerprint density at radius 2 is 2.08 bits per heavy atom. The van der Waals surface area contributed by atoms with Gasteiger partial charge in [0, 0.05) is 15.5 Å². The summed E-state index contributed by atoms with van der Waals surface area (Å²) in [5.74, 6) is 0. The SMILES string of the molecule is Brc1cc(Br)c2c(c1)CCNC2. The van der Waals surface area contributed by atoms with Crippen LogP contribution in [-0.4, -0.2) is 6.54 Å². The number of halogens is 2. The van der Waals surface area contributed by atoms with E-state index in [1.165, 1.54) is 15.6 Å². The van der Waals surface area contributed by atoms with Gasteiger partial charge in [0.25, 0.3) is 0 Å². The van der Waals surface area contributed by atoms with Gasteiger partial charge in [0.1, 0.15) is 0 Å². The highest BCUT2D eigenvalue weighted by atomic mass is 79.9. The Labute approximate surface area is 88.8 Å². The average molecular weight is 291 g/mol. The van der Waals surface area contributed by atoms with Crippen molar-refractivity contribution in [3.8, 4) is 0 Å². The lowest BCUT2D eigenvalue weighted by molar-refractivity contribution is 0.641. The molecule has 0 unspecified atom stereocenters.